The zero-order valence-electron chi connectivity index (χ0n) is 15.1. The minimum Gasteiger partial charge on any atom is -0.338 e. The SMILES string of the molecule is CC(C)c1noc(CN(Cc2cccnc2)[C@@H]2CN3CCC2CC3)n1. The number of nitrogens with zero attached hydrogens (tertiary/aromatic N) is 5. The van der Waals surface area contributed by atoms with Crippen LogP contribution >= 0.6 is 0 Å². The molecule has 0 aromatic carbocycles. The van der Waals surface area contributed by atoms with Gasteiger partial charge in [0, 0.05) is 37.4 Å². The molecule has 6 heteroatoms. The first-order valence-corrected chi connectivity index (χ1v) is 9.37. The molecule has 0 N–H and O–H groups in total. The smallest absolute Gasteiger partial charge is 0.240 e. The van der Waals surface area contributed by atoms with Crippen LogP contribution in [0.3, 0.4) is 0 Å². The largest absolute Gasteiger partial charge is 0.338 e. The third kappa shape index (κ3) is 3.75. The Bertz CT molecular complexity index is 678. The molecule has 5 rings (SSSR count). The molecule has 0 saturated carbocycles. The topological polar surface area (TPSA) is 58.3 Å². The molecule has 1 atom stereocenters. The number of hydrogen-bond donors (Lipinski definition) is 0. The van der Waals surface area contributed by atoms with E-state index in [4.69, 9.17) is 4.52 Å². The summed E-state index contributed by atoms with van der Waals surface area (Å²) in [5.41, 5.74) is 1.24. The predicted molar refractivity (Wildman–Crippen MR) is 94.8 cm³/mol. The average Bonchev–Trinajstić information content (AvgIpc) is 3.12. The Morgan fingerprint density at radius 2 is 2.12 bits per heavy atom. The van der Waals surface area contributed by atoms with E-state index in [0.29, 0.717) is 18.5 Å². The van der Waals surface area contributed by atoms with Gasteiger partial charge in [-0.2, -0.15) is 4.98 Å². The Morgan fingerprint density at radius 3 is 2.72 bits per heavy atom. The minimum atomic E-state index is 0.293. The summed E-state index contributed by atoms with van der Waals surface area (Å²) in [6, 6.07) is 4.71. The molecule has 6 nitrogen and oxygen atoms in total. The van der Waals surface area contributed by atoms with Crippen LogP contribution in [0.2, 0.25) is 0 Å². The highest BCUT2D eigenvalue weighted by molar-refractivity contribution is 5.09. The van der Waals surface area contributed by atoms with Crippen molar-refractivity contribution < 1.29 is 4.52 Å². The molecule has 3 aliphatic heterocycles. The molecule has 2 aromatic rings. The van der Waals surface area contributed by atoms with E-state index in [9.17, 15) is 0 Å². The fraction of sp³-hybridized carbons (Fsp3) is 0.632. The molecule has 0 amide bonds. The maximum atomic E-state index is 5.53. The maximum absolute atomic E-state index is 5.53. The molecule has 0 radical (unpaired) electrons. The number of fused-ring (bicyclic) bond motifs is 3. The van der Waals surface area contributed by atoms with E-state index in [2.05, 4.69) is 44.8 Å². The van der Waals surface area contributed by atoms with Crippen LogP contribution in [0, 0.1) is 5.92 Å². The molecule has 3 saturated heterocycles. The normalized spacial score (nSPS) is 25.8. The molecule has 0 aliphatic carbocycles. The number of pyridine rings is 1. The second-order valence-corrected chi connectivity index (χ2v) is 7.67. The molecule has 0 spiro atoms. The summed E-state index contributed by atoms with van der Waals surface area (Å²) >= 11 is 0. The monoisotopic (exact) mass is 341 g/mol. The summed E-state index contributed by atoms with van der Waals surface area (Å²) in [5, 5.41) is 4.13. The van der Waals surface area contributed by atoms with Gasteiger partial charge >= 0.3 is 0 Å². The molecule has 3 fully saturated rings. The third-order valence-corrected chi connectivity index (χ3v) is 5.54. The van der Waals surface area contributed by atoms with Crippen LogP contribution in [0.15, 0.2) is 29.0 Å². The van der Waals surface area contributed by atoms with E-state index in [1.165, 1.54) is 31.5 Å². The van der Waals surface area contributed by atoms with Crippen molar-refractivity contribution >= 4 is 0 Å². The molecule has 2 bridgehead atoms. The number of hydrogen-bond acceptors (Lipinski definition) is 6. The molecular weight excluding hydrogens is 314 g/mol. The zero-order chi connectivity index (χ0) is 17.2. The van der Waals surface area contributed by atoms with Crippen LogP contribution in [0.5, 0.6) is 0 Å². The van der Waals surface area contributed by atoms with E-state index in [1.807, 2.05) is 18.5 Å². The van der Waals surface area contributed by atoms with Crippen molar-refractivity contribution in [2.75, 3.05) is 19.6 Å². The van der Waals surface area contributed by atoms with Crippen molar-refractivity contribution in [2.45, 2.75) is 51.7 Å². The van der Waals surface area contributed by atoms with Crippen LogP contribution in [-0.4, -0.2) is 50.6 Å². The molecule has 0 unspecified atom stereocenters. The first kappa shape index (κ1) is 16.7. The quantitative estimate of drug-likeness (QED) is 0.805. The number of rotatable bonds is 6. The van der Waals surface area contributed by atoms with E-state index in [0.717, 1.165) is 30.7 Å². The van der Waals surface area contributed by atoms with Gasteiger partial charge < -0.3 is 9.42 Å². The van der Waals surface area contributed by atoms with Crippen molar-refractivity contribution in [1.82, 2.24) is 24.9 Å². The van der Waals surface area contributed by atoms with Crippen molar-refractivity contribution in [3.05, 3.63) is 41.8 Å². The van der Waals surface area contributed by atoms with Crippen molar-refractivity contribution in [2.24, 2.45) is 5.92 Å². The molecule has 25 heavy (non-hydrogen) atoms. The van der Waals surface area contributed by atoms with Gasteiger partial charge in [0.25, 0.3) is 0 Å². The van der Waals surface area contributed by atoms with Gasteiger partial charge in [0.15, 0.2) is 5.82 Å². The molecule has 134 valence electrons. The van der Waals surface area contributed by atoms with Crippen molar-refractivity contribution in [3.8, 4) is 0 Å². The van der Waals surface area contributed by atoms with Gasteiger partial charge in [0.1, 0.15) is 0 Å². The van der Waals surface area contributed by atoms with Crippen LogP contribution < -0.4 is 0 Å². The summed E-state index contributed by atoms with van der Waals surface area (Å²) in [7, 11) is 0. The number of aromatic nitrogens is 3. The van der Waals surface area contributed by atoms with Gasteiger partial charge in [0.2, 0.25) is 5.89 Å². The second-order valence-electron chi connectivity index (χ2n) is 7.67. The van der Waals surface area contributed by atoms with E-state index >= 15 is 0 Å². The minimum absolute atomic E-state index is 0.293. The van der Waals surface area contributed by atoms with Crippen LogP contribution in [0.4, 0.5) is 0 Å². The summed E-state index contributed by atoms with van der Waals surface area (Å²) in [6.07, 6.45) is 6.39. The lowest BCUT2D eigenvalue weighted by Gasteiger charge is -2.48. The fourth-order valence-corrected chi connectivity index (χ4v) is 4.10. The maximum Gasteiger partial charge on any atom is 0.240 e. The standard InChI is InChI=1S/C19H27N5O/c1-14(2)19-21-18(25-22-19)13-24(11-15-4-3-7-20-10-15)17-12-23-8-5-16(17)6-9-23/h3-4,7,10,14,16-17H,5-6,8-9,11-13H2,1-2H3/t17-/m1/s1. The Labute approximate surface area is 149 Å². The highest BCUT2D eigenvalue weighted by atomic mass is 16.5. The predicted octanol–water partition coefficient (Wildman–Crippen LogP) is 2.68. The van der Waals surface area contributed by atoms with Gasteiger partial charge in [-0.3, -0.25) is 9.88 Å². The summed E-state index contributed by atoms with van der Waals surface area (Å²) in [4.78, 5) is 14.0. The summed E-state index contributed by atoms with van der Waals surface area (Å²) in [5.74, 6) is 2.59. The van der Waals surface area contributed by atoms with E-state index in [1.54, 1.807) is 0 Å². The van der Waals surface area contributed by atoms with Crippen LogP contribution in [0.25, 0.3) is 0 Å². The highest BCUT2D eigenvalue weighted by Crippen LogP contribution is 2.32. The molecule has 2 aromatic heterocycles. The lowest BCUT2D eigenvalue weighted by Crippen LogP contribution is -2.56. The Morgan fingerprint density at radius 1 is 1.28 bits per heavy atom. The number of piperidine rings is 3. The molecule has 5 heterocycles. The van der Waals surface area contributed by atoms with Gasteiger partial charge in [-0.1, -0.05) is 25.1 Å². The van der Waals surface area contributed by atoms with Gasteiger partial charge in [-0.05, 0) is 43.5 Å². The molecular formula is C19H27N5O. The summed E-state index contributed by atoms with van der Waals surface area (Å²) < 4.78 is 5.53. The van der Waals surface area contributed by atoms with Gasteiger partial charge in [-0.25, -0.2) is 0 Å². The first-order chi connectivity index (χ1) is 12.2. The average molecular weight is 341 g/mol. The Hall–Kier alpha value is -1.79. The second kappa shape index (κ2) is 7.22. The van der Waals surface area contributed by atoms with Crippen molar-refractivity contribution in [1.29, 1.82) is 0 Å². The zero-order valence-corrected chi connectivity index (χ0v) is 15.1. The van der Waals surface area contributed by atoms with Gasteiger partial charge in [-0.15, -0.1) is 0 Å². The van der Waals surface area contributed by atoms with Crippen LogP contribution in [0.1, 0.15) is 49.9 Å². The van der Waals surface area contributed by atoms with Crippen molar-refractivity contribution in [3.63, 3.8) is 0 Å². The summed E-state index contributed by atoms with van der Waals surface area (Å²) in [6.45, 7) is 9.42. The van der Waals surface area contributed by atoms with Gasteiger partial charge in [0.05, 0.1) is 6.54 Å². The van der Waals surface area contributed by atoms with E-state index in [-0.39, 0.29) is 0 Å². The third-order valence-electron chi connectivity index (χ3n) is 5.54. The first-order valence-electron chi connectivity index (χ1n) is 9.37. The lowest BCUT2D eigenvalue weighted by atomic mass is 9.83. The highest BCUT2D eigenvalue weighted by Gasteiger charge is 2.38. The fourth-order valence-electron chi connectivity index (χ4n) is 4.10. The Kier molecular flexibility index (Phi) is 4.81. The van der Waals surface area contributed by atoms with E-state index < -0.39 is 0 Å². The molecule has 3 aliphatic rings. The lowest BCUT2D eigenvalue weighted by molar-refractivity contribution is -0.00660. The van der Waals surface area contributed by atoms with Crippen LogP contribution in [-0.2, 0) is 13.1 Å². The Balaban J connectivity index is 1.54.